The summed E-state index contributed by atoms with van der Waals surface area (Å²) >= 11 is 0. The summed E-state index contributed by atoms with van der Waals surface area (Å²) in [6, 6.07) is 25.8. The minimum atomic E-state index is -0.183. The lowest BCUT2D eigenvalue weighted by Gasteiger charge is -2.43. The number of ether oxygens (including phenoxy) is 1. The summed E-state index contributed by atoms with van der Waals surface area (Å²) in [7, 11) is 0. The van der Waals surface area contributed by atoms with E-state index in [1.165, 1.54) is 29.7 Å². The minimum absolute atomic E-state index is 0.183. The highest BCUT2D eigenvalue weighted by Crippen LogP contribution is 2.29. The lowest BCUT2D eigenvalue weighted by atomic mass is 9.94. The van der Waals surface area contributed by atoms with Gasteiger partial charge in [0.1, 0.15) is 18.2 Å². The molecular formula is C23H22FNO. The lowest BCUT2D eigenvalue weighted by molar-refractivity contribution is 0.306. The zero-order chi connectivity index (χ0) is 17.8. The van der Waals surface area contributed by atoms with Gasteiger partial charge in [-0.25, -0.2) is 4.39 Å². The predicted octanol–water partition coefficient (Wildman–Crippen LogP) is 5.23. The van der Waals surface area contributed by atoms with E-state index in [1.807, 2.05) is 42.5 Å². The summed E-state index contributed by atoms with van der Waals surface area (Å²) in [4.78, 5) is 2.35. The Bertz CT molecular complexity index is 830. The first-order valence-corrected chi connectivity index (χ1v) is 9.06. The van der Waals surface area contributed by atoms with Crippen LogP contribution in [0, 0.1) is 5.82 Å². The van der Waals surface area contributed by atoms with Crippen molar-refractivity contribution in [2.24, 2.45) is 0 Å². The van der Waals surface area contributed by atoms with Crippen LogP contribution in [0.4, 0.5) is 10.1 Å². The van der Waals surface area contributed by atoms with Gasteiger partial charge in [-0.1, -0.05) is 42.5 Å². The molecule has 0 spiro atoms. The van der Waals surface area contributed by atoms with E-state index in [0.717, 1.165) is 24.4 Å². The molecule has 2 nitrogen and oxygen atoms in total. The predicted molar refractivity (Wildman–Crippen MR) is 103 cm³/mol. The maximum Gasteiger partial charge on any atom is 0.123 e. The Hall–Kier alpha value is -2.81. The fourth-order valence-corrected chi connectivity index (χ4v) is 3.36. The second-order valence-electron chi connectivity index (χ2n) is 6.73. The maximum atomic E-state index is 13.1. The summed E-state index contributed by atoms with van der Waals surface area (Å²) in [6.07, 6.45) is 2.17. The van der Waals surface area contributed by atoms with Gasteiger partial charge in [-0.15, -0.1) is 0 Å². The topological polar surface area (TPSA) is 12.5 Å². The third-order valence-electron chi connectivity index (χ3n) is 4.95. The number of anilines is 1. The van der Waals surface area contributed by atoms with Crippen LogP contribution in [0.3, 0.4) is 0 Å². The molecule has 0 amide bonds. The highest BCUT2D eigenvalue weighted by atomic mass is 19.1. The average molecular weight is 347 g/mol. The van der Waals surface area contributed by atoms with Gasteiger partial charge in [0.05, 0.1) is 0 Å². The molecule has 1 aliphatic rings. The van der Waals surface area contributed by atoms with Gasteiger partial charge in [-0.3, -0.25) is 0 Å². The largest absolute Gasteiger partial charge is 0.489 e. The van der Waals surface area contributed by atoms with Crippen LogP contribution < -0.4 is 9.64 Å². The third-order valence-corrected chi connectivity index (χ3v) is 4.95. The molecule has 1 unspecified atom stereocenters. The molecule has 26 heavy (non-hydrogen) atoms. The first-order chi connectivity index (χ1) is 12.8. The summed E-state index contributed by atoms with van der Waals surface area (Å²) in [5, 5.41) is 0. The smallest absolute Gasteiger partial charge is 0.123 e. The van der Waals surface area contributed by atoms with Gasteiger partial charge in [0.2, 0.25) is 0 Å². The van der Waals surface area contributed by atoms with Crippen molar-refractivity contribution >= 4 is 5.69 Å². The van der Waals surface area contributed by atoms with Crippen LogP contribution in [0.1, 0.15) is 17.5 Å². The quantitative estimate of drug-likeness (QED) is 0.606. The van der Waals surface area contributed by atoms with E-state index in [4.69, 9.17) is 4.74 Å². The Balaban J connectivity index is 1.33. The summed E-state index contributed by atoms with van der Waals surface area (Å²) in [5.74, 6) is 0.707. The lowest BCUT2D eigenvalue weighted by Crippen LogP contribution is -2.49. The van der Waals surface area contributed by atoms with Crippen LogP contribution >= 0.6 is 0 Å². The van der Waals surface area contributed by atoms with Crippen molar-refractivity contribution in [1.82, 2.24) is 0 Å². The molecule has 0 bridgehead atoms. The van der Waals surface area contributed by atoms with E-state index in [1.54, 1.807) is 0 Å². The van der Waals surface area contributed by atoms with Crippen molar-refractivity contribution in [3.05, 3.63) is 95.8 Å². The average Bonchev–Trinajstić information content (AvgIpc) is 2.67. The number of benzene rings is 3. The van der Waals surface area contributed by atoms with Crippen molar-refractivity contribution in [1.29, 1.82) is 0 Å². The van der Waals surface area contributed by atoms with Crippen LogP contribution in [-0.4, -0.2) is 12.6 Å². The number of halogens is 1. The highest BCUT2D eigenvalue weighted by molar-refractivity contribution is 5.50. The molecule has 0 aromatic heterocycles. The number of rotatable bonds is 6. The van der Waals surface area contributed by atoms with E-state index in [0.29, 0.717) is 12.6 Å². The number of hydrogen-bond donors (Lipinski definition) is 0. The summed E-state index contributed by atoms with van der Waals surface area (Å²) in [6.45, 7) is 1.62. The molecule has 0 aliphatic carbocycles. The summed E-state index contributed by atoms with van der Waals surface area (Å²) in [5.41, 5.74) is 3.57. The number of nitrogens with zero attached hydrogens (tertiary/aromatic N) is 1. The summed E-state index contributed by atoms with van der Waals surface area (Å²) < 4.78 is 18.9. The second kappa shape index (κ2) is 7.61. The Labute approximate surface area is 153 Å². The van der Waals surface area contributed by atoms with Crippen LogP contribution in [0.25, 0.3) is 0 Å². The Morgan fingerprint density at radius 3 is 2.23 bits per heavy atom. The first-order valence-electron chi connectivity index (χ1n) is 9.06. The van der Waals surface area contributed by atoms with Gasteiger partial charge in [-0.05, 0) is 60.4 Å². The van der Waals surface area contributed by atoms with Gasteiger partial charge in [0.25, 0.3) is 0 Å². The van der Waals surface area contributed by atoms with E-state index in [-0.39, 0.29) is 5.82 Å². The zero-order valence-corrected chi connectivity index (χ0v) is 14.6. The van der Waals surface area contributed by atoms with Crippen molar-refractivity contribution in [2.75, 3.05) is 11.4 Å². The first kappa shape index (κ1) is 16.6. The van der Waals surface area contributed by atoms with Crippen LogP contribution in [0.15, 0.2) is 78.9 Å². The molecule has 132 valence electrons. The van der Waals surface area contributed by atoms with Gasteiger partial charge in [0.15, 0.2) is 0 Å². The normalized spacial score (nSPS) is 16.2. The molecule has 0 N–H and O–H groups in total. The molecule has 3 aromatic rings. The monoisotopic (exact) mass is 347 g/mol. The van der Waals surface area contributed by atoms with Crippen LogP contribution in [0.2, 0.25) is 0 Å². The van der Waals surface area contributed by atoms with E-state index >= 15 is 0 Å². The van der Waals surface area contributed by atoms with Crippen molar-refractivity contribution in [3.8, 4) is 5.75 Å². The van der Waals surface area contributed by atoms with E-state index in [9.17, 15) is 4.39 Å². The minimum Gasteiger partial charge on any atom is -0.489 e. The molecule has 3 aromatic carbocycles. The molecule has 1 heterocycles. The zero-order valence-electron chi connectivity index (χ0n) is 14.6. The molecule has 0 saturated carbocycles. The fourth-order valence-electron chi connectivity index (χ4n) is 3.36. The standard InChI is InChI=1S/C23H22FNO/c24-20-8-10-21(11-9-20)25-15-14-22(25)16-18-6-12-23(13-7-18)26-17-19-4-2-1-3-5-19/h1-13,22H,14-17H2. The molecule has 1 fully saturated rings. The SMILES string of the molecule is Fc1ccc(N2CCC2Cc2ccc(OCc3ccccc3)cc2)cc1. The van der Waals surface area contributed by atoms with Crippen molar-refractivity contribution < 1.29 is 9.13 Å². The van der Waals surface area contributed by atoms with Crippen molar-refractivity contribution in [2.45, 2.75) is 25.5 Å². The fraction of sp³-hybridized carbons (Fsp3) is 0.217. The highest BCUT2D eigenvalue weighted by Gasteiger charge is 2.28. The van der Waals surface area contributed by atoms with E-state index < -0.39 is 0 Å². The van der Waals surface area contributed by atoms with Gasteiger partial charge >= 0.3 is 0 Å². The van der Waals surface area contributed by atoms with Crippen LogP contribution in [0.5, 0.6) is 5.75 Å². The van der Waals surface area contributed by atoms with Gasteiger partial charge in [-0.2, -0.15) is 0 Å². The maximum absolute atomic E-state index is 13.1. The Morgan fingerprint density at radius 1 is 0.846 bits per heavy atom. The Kier molecular flexibility index (Phi) is 4.87. The molecule has 1 aliphatic heterocycles. The van der Waals surface area contributed by atoms with Crippen molar-refractivity contribution in [3.63, 3.8) is 0 Å². The molecule has 1 atom stereocenters. The van der Waals surface area contributed by atoms with E-state index in [2.05, 4.69) is 29.2 Å². The molecule has 0 radical (unpaired) electrons. The molecule has 4 rings (SSSR count). The molecule has 1 saturated heterocycles. The Morgan fingerprint density at radius 2 is 1.58 bits per heavy atom. The van der Waals surface area contributed by atoms with Gasteiger partial charge < -0.3 is 9.64 Å². The third kappa shape index (κ3) is 3.88. The number of hydrogen-bond acceptors (Lipinski definition) is 2. The van der Waals surface area contributed by atoms with Gasteiger partial charge in [0, 0.05) is 18.3 Å². The van der Waals surface area contributed by atoms with Crippen LogP contribution in [-0.2, 0) is 13.0 Å². The molecule has 3 heteroatoms. The molecular weight excluding hydrogens is 325 g/mol. The second-order valence-corrected chi connectivity index (χ2v) is 6.73.